The van der Waals surface area contributed by atoms with E-state index in [0.717, 1.165) is 19.3 Å². The van der Waals surface area contributed by atoms with E-state index in [2.05, 4.69) is 20.4 Å². The van der Waals surface area contributed by atoms with Crippen LogP contribution in [0, 0.1) is 0 Å². The maximum Gasteiger partial charge on any atom is 0.387 e. The fourth-order valence-corrected chi connectivity index (χ4v) is 3.45. The molecule has 2 saturated heterocycles. The Morgan fingerprint density at radius 2 is 2.19 bits per heavy atom. The van der Waals surface area contributed by atoms with Crippen LogP contribution in [0.25, 0.3) is 0 Å². The van der Waals surface area contributed by atoms with Crippen LogP contribution < -0.4 is 20.1 Å². The van der Waals surface area contributed by atoms with Crippen molar-refractivity contribution in [2.45, 2.75) is 57.6 Å². The SMILES string of the molecule is CCNC(=NCc1ccc(OC)cc1OC(F)F)NC1CC2CCC1O2.I. The second-order valence-corrected chi connectivity index (χ2v) is 6.41. The maximum atomic E-state index is 12.7. The molecule has 3 atom stereocenters. The van der Waals surface area contributed by atoms with Crippen LogP contribution >= 0.6 is 24.0 Å². The minimum absolute atomic E-state index is 0. The molecule has 2 N–H and O–H groups in total. The maximum absolute atomic E-state index is 12.7. The van der Waals surface area contributed by atoms with Gasteiger partial charge in [-0.25, -0.2) is 4.99 Å². The molecule has 0 saturated carbocycles. The van der Waals surface area contributed by atoms with E-state index in [-0.39, 0.29) is 48.4 Å². The van der Waals surface area contributed by atoms with Gasteiger partial charge < -0.3 is 24.8 Å². The first-order valence-electron chi connectivity index (χ1n) is 8.91. The molecule has 2 aliphatic rings. The molecule has 0 aliphatic carbocycles. The summed E-state index contributed by atoms with van der Waals surface area (Å²) in [6, 6.07) is 5.07. The fraction of sp³-hybridized carbons (Fsp3) is 0.611. The number of fused-ring (bicyclic) bond motifs is 2. The number of nitrogens with one attached hydrogen (secondary N) is 2. The van der Waals surface area contributed by atoms with Crippen LogP contribution in [0.2, 0.25) is 0 Å². The van der Waals surface area contributed by atoms with Crippen LogP contribution in [0.3, 0.4) is 0 Å². The Bertz CT molecular complexity index is 648. The van der Waals surface area contributed by atoms with Gasteiger partial charge in [0, 0.05) is 18.2 Å². The van der Waals surface area contributed by atoms with Crippen LogP contribution in [0.5, 0.6) is 11.5 Å². The second-order valence-electron chi connectivity index (χ2n) is 6.41. The molecule has 9 heteroatoms. The van der Waals surface area contributed by atoms with E-state index in [9.17, 15) is 8.78 Å². The van der Waals surface area contributed by atoms with Crippen molar-refractivity contribution in [2.24, 2.45) is 4.99 Å². The first-order chi connectivity index (χ1) is 12.6. The number of aliphatic imine (C=N–C) groups is 1. The number of nitrogens with zero attached hydrogens (tertiary/aromatic N) is 1. The Hall–Kier alpha value is -1.36. The Balaban J connectivity index is 0.00000261. The predicted molar refractivity (Wildman–Crippen MR) is 109 cm³/mol. The van der Waals surface area contributed by atoms with Gasteiger partial charge in [0.2, 0.25) is 0 Å². The summed E-state index contributed by atoms with van der Waals surface area (Å²) in [6.45, 7) is -0.00495. The summed E-state index contributed by atoms with van der Waals surface area (Å²) in [7, 11) is 1.48. The van der Waals surface area contributed by atoms with Crippen molar-refractivity contribution in [2.75, 3.05) is 13.7 Å². The Morgan fingerprint density at radius 3 is 2.78 bits per heavy atom. The van der Waals surface area contributed by atoms with E-state index < -0.39 is 6.61 Å². The third-order valence-electron chi connectivity index (χ3n) is 4.67. The molecular weight excluding hydrogens is 471 g/mol. The zero-order valence-corrected chi connectivity index (χ0v) is 17.7. The number of guanidine groups is 1. The minimum Gasteiger partial charge on any atom is -0.497 e. The monoisotopic (exact) mass is 497 g/mol. The summed E-state index contributed by atoms with van der Waals surface area (Å²) < 4.78 is 40.9. The Morgan fingerprint density at radius 1 is 1.37 bits per heavy atom. The average Bonchev–Trinajstić information content (AvgIpc) is 3.23. The number of hydrogen-bond acceptors (Lipinski definition) is 4. The molecule has 0 amide bonds. The largest absolute Gasteiger partial charge is 0.497 e. The predicted octanol–water partition coefficient (Wildman–Crippen LogP) is 3.29. The highest BCUT2D eigenvalue weighted by Crippen LogP contribution is 2.34. The lowest BCUT2D eigenvalue weighted by atomic mass is 9.96. The van der Waals surface area contributed by atoms with Crippen molar-refractivity contribution in [3.8, 4) is 11.5 Å². The number of benzene rings is 1. The first kappa shape index (κ1) is 21.9. The number of alkyl halides is 2. The van der Waals surface area contributed by atoms with Crippen LogP contribution in [0.4, 0.5) is 8.78 Å². The van der Waals surface area contributed by atoms with Crippen molar-refractivity contribution in [3.05, 3.63) is 23.8 Å². The molecule has 6 nitrogen and oxygen atoms in total. The standard InChI is InChI=1S/C18H25F2N3O3.HI/c1-3-21-18(23-14-8-13-6-7-15(14)25-13)22-10-11-4-5-12(24-2)9-16(11)26-17(19)20;/h4-5,9,13-15,17H,3,6-8,10H2,1-2H3,(H2,21,22,23);1H. The van der Waals surface area contributed by atoms with Crippen molar-refractivity contribution in [3.63, 3.8) is 0 Å². The van der Waals surface area contributed by atoms with Gasteiger partial charge in [0.15, 0.2) is 5.96 Å². The zero-order valence-electron chi connectivity index (χ0n) is 15.4. The van der Waals surface area contributed by atoms with Gasteiger partial charge in [-0.3, -0.25) is 0 Å². The lowest BCUT2D eigenvalue weighted by Crippen LogP contribution is -2.47. The number of hydrogen-bond donors (Lipinski definition) is 2. The highest BCUT2D eigenvalue weighted by Gasteiger charge is 2.41. The van der Waals surface area contributed by atoms with Crippen LogP contribution in [-0.4, -0.2) is 44.5 Å². The van der Waals surface area contributed by atoms with Crippen molar-refractivity contribution >= 4 is 29.9 Å². The number of rotatable bonds is 7. The van der Waals surface area contributed by atoms with E-state index in [0.29, 0.717) is 29.9 Å². The molecule has 0 radical (unpaired) electrons. The van der Waals surface area contributed by atoms with Crippen molar-refractivity contribution < 1.29 is 23.0 Å². The van der Waals surface area contributed by atoms with Crippen LogP contribution in [-0.2, 0) is 11.3 Å². The minimum atomic E-state index is -2.90. The average molecular weight is 497 g/mol. The van der Waals surface area contributed by atoms with E-state index >= 15 is 0 Å². The van der Waals surface area contributed by atoms with Gasteiger partial charge >= 0.3 is 6.61 Å². The third kappa shape index (κ3) is 5.81. The molecule has 1 aromatic rings. The van der Waals surface area contributed by atoms with Crippen LogP contribution in [0.1, 0.15) is 31.7 Å². The molecule has 3 unspecified atom stereocenters. The fourth-order valence-electron chi connectivity index (χ4n) is 3.45. The molecular formula is C18H26F2IN3O3. The summed E-state index contributed by atoms with van der Waals surface area (Å²) in [5.41, 5.74) is 0.562. The van der Waals surface area contributed by atoms with Crippen LogP contribution in [0.15, 0.2) is 23.2 Å². The molecule has 0 spiro atoms. The molecule has 2 bridgehead atoms. The third-order valence-corrected chi connectivity index (χ3v) is 4.67. The summed E-state index contributed by atoms with van der Waals surface area (Å²) in [4.78, 5) is 4.53. The highest BCUT2D eigenvalue weighted by molar-refractivity contribution is 14.0. The normalized spacial score (nSPS) is 23.9. The smallest absolute Gasteiger partial charge is 0.387 e. The Kier molecular flexibility index (Phi) is 8.33. The van der Waals surface area contributed by atoms with E-state index in [1.165, 1.54) is 13.2 Å². The first-order valence-corrected chi connectivity index (χ1v) is 8.91. The van der Waals surface area contributed by atoms with Gasteiger partial charge in [0.1, 0.15) is 11.5 Å². The van der Waals surface area contributed by atoms with E-state index in [1.807, 2.05) is 6.92 Å². The van der Waals surface area contributed by atoms with E-state index in [1.54, 1.807) is 12.1 Å². The van der Waals surface area contributed by atoms with Crippen molar-refractivity contribution in [1.29, 1.82) is 0 Å². The van der Waals surface area contributed by atoms with Gasteiger partial charge in [0.05, 0.1) is 31.9 Å². The summed E-state index contributed by atoms with van der Waals surface area (Å²) >= 11 is 0. The van der Waals surface area contributed by atoms with Gasteiger partial charge in [0.25, 0.3) is 0 Å². The van der Waals surface area contributed by atoms with Gasteiger partial charge in [-0.2, -0.15) is 8.78 Å². The quantitative estimate of drug-likeness (QED) is 0.344. The molecule has 2 heterocycles. The molecule has 3 rings (SSSR count). The number of halogens is 3. The molecule has 0 aromatic heterocycles. The summed E-state index contributed by atoms with van der Waals surface area (Å²) in [5.74, 6) is 1.17. The number of ether oxygens (including phenoxy) is 3. The molecule has 2 aliphatic heterocycles. The van der Waals surface area contributed by atoms with Gasteiger partial charge in [-0.05, 0) is 38.3 Å². The highest BCUT2D eigenvalue weighted by atomic mass is 127. The summed E-state index contributed by atoms with van der Waals surface area (Å²) in [6.07, 6.45) is 3.72. The lowest BCUT2D eigenvalue weighted by molar-refractivity contribution is -0.0505. The molecule has 152 valence electrons. The summed E-state index contributed by atoms with van der Waals surface area (Å²) in [5, 5.41) is 6.59. The number of methoxy groups -OCH3 is 1. The van der Waals surface area contributed by atoms with Gasteiger partial charge in [-0.15, -0.1) is 24.0 Å². The zero-order chi connectivity index (χ0) is 18.5. The molecule has 2 fully saturated rings. The van der Waals surface area contributed by atoms with Gasteiger partial charge in [-0.1, -0.05) is 0 Å². The second kappa shape index (κ2) is 10.3. The van der Waals surface area contributed by atoms with E-state index in [4.69, 9.17) is 9.47 Å². The Labute approximate surface area is 175 Å². The van der Waals surface area contributed by atoms with Crippen molar-refractivity contribution in [1.82, 2.24) is 10.6 Å². The molecule has 1 aromatic carbocycles. The lowest BCUT2D eigenvalue weighted by Gasteiger charge is -2.22. The molecule has 27 heavy (non-hydrogen) atoms. The topological polar surface area (TPSA) is 64.1 Å².